The molecule has 0 aliphatic carbocycles. The third-order valence-corrected chi connectivity index (χ3v) is 9.08. The Bertz CT molecular complexity index is 1530. The first-order valence-electron chi connectivity index (χ1n) is 13.0. The first-order chi connectivity index (χ1) is 19.9. The van der Waals surface area contributed by atoms with Crippen molar-refractivity contribution in [1.29, 1.82) is 0 Å². The molecule has 42 heavy (non-hydrogen) atoms. The van der Waals surface area contributed by atoms with Crippen LogP contribution in [-0.4, -0.2) is 83.9 Å². The van der Waals surface area contributed by atoms with Gasteiger partial charge in [0.25, 0.3) is 0 Å². The number of carbonyl (C=O) groups excluding carboxylic acids is 1. The molecule has 10 nitrogen and oxygen atoms in total. The zero-order chi connectivity index (χ0) is 30.2. The first kappa shape index (κ1) is 29.5. The smallest absolute Gasteiger partial charge is 0.453 e. The van der Waals surface area contributed by atoms with E-state index < -0.39 is 40.2 Å². The number of amides is 2. The average Bonchev–Trinajstić information content (AvgIpc) is 2.96. The maximum absolute atomic E-state index is 14.1. The highest BCUT2D eigenvalue weighted by Crippen LogP contribution is 2.48. The largest absolute Gasteiger partial charge is 0.573 e. The summed E-state index contributed by atoms with van der Waals surface area (Å²) in [4.78, 5) is 18.2. The Morgan fingerprint density at radius 3 is 2.12 bits per heavy atom. The number of anilines is 2. The minimum absolute atomic E-state index is 0.00983. The lowest BCUT2D eigenvalue weighted by atomic mass is 9.94. The molecule has 0 saturated carbocycles. The number of ether oxygens (including phenoxy) is 2. The highest BCUT2D eigenvalue weighted by molar-refractivity contribution is 7.91. The van der Waals surface area contributed by atoms with Crippen molar-refractivity contribution in [3.8, 4) is 17.2 Å². The number of nitrogens with one attached hydrogen (secondary N) is 1. The fourth-order valence-electron chi connectivity index (χ4n) is 5.15. The Hall–Kier alpha value is -4.01. The molecule has 3 aromatic rings. The number of aliphatic hydroxyl groups is 1. The van der Waals surface area contributed by atoms with Gasteiger partial charge < -0.3 is 29.3 Å². The lowest BCUT2D eigenvalue weighted by Gasteiger charge is -2.48. The van der Waals surface area contributed by atoms with Gasteiger partial charge in [-0.1, -0.05) is 24.3 Å². The SMILES string of the molecule is CN=S(=O)(NC1CN(C(=O)N(C)C)CC(N2c3ccccc3Oc3ccccc32)C1O)c1ccc(OC(F)(F)F)cc1. The normalized spacial score (nSPS) is 21.4. The van der Waals surface area contributed by atoms with Crippen LogP contribution in [0.15, 0.2) is 82.1 Å². The molecular formula is C28H30F3N5O5S. The van der Waals surface area contributed by atoms with Gasteiger partial charge >= 0.3 is 12.4 Å². The van der Waals surface area contributed by atoms with Crippen molar-refractivity contribution in [2.75, 3.05) is 39.1 Å². The number of alkyl halides is 3. The van der Waals surface area contributed by atoms with Crippen LogP contribution in [0.2, 0.25) is 0 Å². The number of fused-ring (bicyclic) bond motifs is 2. The molecule has 4 atom stereocenters. The van der Waals surface area contributed by atoms with Gasteiger partial charge in [-0.05, 0) is 48.5 Å². The maximum atomic E-state index is 14.1. The van der Waals surface area contributed by atoms with E-state index in [1.807, 2.05) is 41.3 Å². The summed E-state index contributed by atoms with van der Waals surface area (Å²) in [5, 5.41) is 11.8. The van der Waals surface area contributed by atoms with Crippen LogP contribution in [0.4, 0.5) is 29.3 Å². The van der Waals surface area contributed by atoms with Crippen LogP contribution in [-0.2, 0) is 9.92 Å². The molecule has 1 saturated heterocycles. The van der Waals surface area contributed by atoms with E-state index in [-0.39, 0.29) is 24.0 Å². The molecule has 2 aliphatic rings. The number of para-hydroxylation sites is 4. The summed E-state index contributed by atoms with van der Waals surface area (Å²) in [6, 6.07) is 17.2. The lowest BCUT2D eigenvalue weighted by molar-refractivity contribution is -0.274. The molecule has 14 heteroatoms. The Morgan fingerprint density at radius 2 is 1.60 bits per heavy atom. The zero-order valence-corrected chi connectivity index (χ0v) is 23.8. The number of hydrogen-bond acceptors (Lipinski definition) is 7. The van der Waals surface area contributed by atoms with Gasteiger partial charge in [-0.25, -0.2) is 18.1 Å². The number of nitrogens with zero attached hydrogens (tertiary/aromatic N) is 4. The van der Waals surface area contributed by atoms with Crippen LogP contribution in [0.25, 0.3) is 0 Å². The summed E-state index contributed by atoms with van der Waals surface area (Å²) >= 11 is 0. The van der Waals surface area contributed by atoms with E-state index in [0.717, 1.165) is 12.1 Å². The van der Waals surface area contributed by atoms with Gasteiger partial charge in [0.2, 0.25) is 0 Å². The Morgan fingerprint density at radius 1 is 1.02 bits per heavy atom. The van der Waals surface area contributed by atoms with Gasteiger partial charge in [0.15, 0.2) is 11.5 Å². The van der Waals surface area contributed by atoms with Gasteiger partial charge in [-0.15, -0.1) is 13.2 Å². The number of rotatable bonds is 5. The second-order valence-corrected chi connectivity index (χ2v) is 12.1. The number of carbonyl (C=O) groups is 1. The van der Waals surface area contributed by atoms with E-state index in [0.29, 0.717) is 22.9 Å². The first-order valence-corrected chi connectivity index (χ1v) is 14.5. The van der Waals surface area contributed by atoms with Crippen LogP contribution in [0.5, 0.6) is 17.2 Å². The van der Waals surface area contributed by atoms with E-state index in [9.17, 15) is 27.3 Å². The van der Waals surface area contributed by atoms with Gasteiger partial charge in [-0.3, -0.25) is 0 Å². The molecular weight excluding hydrogens is 575 g/mol. The summed E-state index contributed by atoms with van der Waals surface area (Å²) in [6.45, 7) is 0.122. The molecule has 0 spiro atoms. The summed E-state index contributed by atoms with van der Waals surface area (Å²) in [5.74, 6) is 0.657. The fraction of sp³-hybridized carbons (Fsp3) is 0.321. The van der Waals surface area contributed by atoms with Crippen molar-refractivity contribution in [2.24, 2.45) is 4.36 Å². The van der Waals surface area contributed by atoms with E-state index >= 15 is 0 Å². The molecule has 2 amide bonds. The molecule has 0 bridgehead atoms. The van der Waals surface area contributed by atoms with E-state index in [1.165, 1.54) is 24.1 Å². The van der Waals surface area contributed by atoms with Crippen LogP contribution in [0.3, 0.4) is 0 Å². The Kier molecular flexibility index (Phi) is 7.96. The molecule has 0 radical (unpaired) electrons. The molecule has 5 rings (SSSR count). The fourth-order valence-corrected chi connectivity index (χ4v) is 6.73. The summed E-state index contributed by atoms with van der Waals surface area (Å²) < 4.78 is 69.0. The third-order valence-electron chi connectivity index (χ3n) is 7.03. The van der Waals surface area contributed by atoms with Crippen molar-refractivity contribution < 1.29 is 36.8 Å². The van der Waals surface area contributed by atoms with Crippen molar-refractivity contribution >= 4 is 27.3 Å². The number of urea groups is 1. The number of aliphatic hydroxyl groups excluding tert-OH is 1. The lowest BCUT2D eigenvalue weighted by Crippen LogP contribution is -2.66. The second-order valence-electron chi connectivity index (χ2n) is 10.00. The maximum Gasteiger partial charge on any atom is 0.573 e. The Balaban J connectivity index is 1.52. The zero-order valence-electron chi connectivity index (χ0n) is 23.0. The number of hydrogen-bond donors (Lipinski definition) is 2. The average molecular weight is 606 g/mol. The van der Waals surface area contributed by atoms with Crippen LogP contribution in [0, 0.1) is 0 Å². The topological polar surface area (TPSA) is 107 Å². The van der Waals surface area contributed by atoms with Crippen LogP contribution >= 0.6 is 0 Å². The van der Waals surface area contributed by atoms with Gasteiger partial charge in [0.1, 0.15) is 15.7 Å². The summed E-state index contributed by atoms with van der Waals surface area (Å²) in [7, 11) is 1.07. The van der Waals surface area contributed by atoms with E-state index in [4.69, 9.17) is 4.74 Å². The van der Waals surface area contributed by atoms with E-state index in [2.05, 4.69) is 13.8 Å². The number of halogens is 3. The molecule has 2 N–H and O–H groups in total. The predicted molar refractivity (Wildman–Crippen MR) is 150 cm³/mol. The van der Waals surface area contributed by atoms with Crippen molar-refractivity contribution in [3.05, 3.63) is 72.8 Å². The molecule has 2 heterocycles. The number of piperidine rings is 1. The third kappa shape index (κ3) is 5.82. The van der Waals surface area contributed by atoms with Crippen molar-refractivity contribution in [2.45, 2.75) is 29.4 Å². The quantitative estimate of drug-likeness (QED) is 0.441. The van der Waals surface area contributed by atoms with Gasteiger partial charge in [-0.2, -0.15) is 0 Å². The standard InChI is InChI=1S/C28H30F3N5O5S/c1-32-42(39,19-14-12-18(13-15-19)41-28(29,30)31)33-20-16-35(27(38)34(2)3)17-23(26(20)37)36-21-8-4-6-10-24(21)40-25-11-7-5-9-22(25)36/h4-15,20,23,26,37H,16-17H2,1-3H3,(H,32,33,39). The van der Waals surface area contributed by atoms with E-state index in [1.54, 1.807) is 31.1 Å². The molecule has 0 aromatic heterocycles. The molecule has 4 unspecified atom stereocenters. The molecule has 2 aliphatic heterocycles. The van der Waals surface area contributed by atoms with Gasteiger partial charge in [0, 0.05) is 34.2 Å². The molecule has 3 aromatic carbocycles. The summed E-state index contributed by atoms with van der Waals surface area (Å²) in [6.07, 6.45) is -6.05. The predicted octanol–water partition coefficient (Wildman–Crippen LogP) is 4.59. The highest BCUT2D eigenvalue weighted by Gasteiger charge is 2.45. The molecule has 224 valence electrons. The number of benzene rings is 3. The van der Waals surface area contributed by atoms with Gasteiger partial charge in [0.05, 0.1) is 34.5 Å². The summed E-state index contributed by atoms with van der Waals surface area (Å²) in [5.41, 5.74) is 1.36. The monoisotopic (exact) mass is 605 g/mol. The highest BCUT2D eigenvalue weighted by atomic mass is 32.2. The van der Waals surface area contributed by atoms with Crippen molar-refractivity contribution in [1.82, 2.24) is 14.5 Å². The number of likely N-dealkylation sites (tertiary alicyclic amines) is 1. The van der Waals surface area contributed by atoms with Crippen LogP contribution < -0.4 is 19.1 Å². The van der Waals surface area contributed by atoms with Crippen molar-refractivity contribution in [3.63, 3.8) is 0 Å². The second kappa shape index (κ2) is 11.3. The minimum atomic E-state index is -4.88. The molecule has 1 fully saturated rings. The Labute approximate surface area is 241 Å². The minimum Gasteiger partial charge on any atom is -0.453 e. The van der Waals surface area contributed by atoms with Crippen LogP contribution in [0.1, 0.15) is 0 Å².